The van der Waals surface area contributed by atoms with Gasteiger partial charge in [-0.25, -0.2) is 8.78 Å². The maximum atomic E-state index is 13.5. The van der Waals surface area contributed by atoms with Crippen LogP contribution in [0.3, 0.4) is 0 Å². The van der Waals surface area contributed by atoms with Crippen LogP contribution in [0, 0.1) is 11.6 Å². The maximum absolute atomic E-state index is 13.5. The molecule has 0 N–H and O–H groups in total. The zero-order valence-electron chi connectivity index (χ0n) is 9.03. The lowest BCUT2D eigenvalue weighted by atomic mass is 10.1. The summed E-state index contributed by atoms with van der Waals surface area (Å²) in [4.78, 5) is 13.7. The summed E-state index contributed by atoms with van der Waals surface area (Å²) in [7, 11) is 0. The fraction of sp³-hybridized carbons (Fsp3) is 0.417. The average molecular weight is 255 g/mol. The SMILES string of the molecule is O=C(c1c(F)cccc1F)N1CC2CC1CS2. The summed E-state index contributed by atoms with van der Waals surface area (Å²) in [6, 6.07) is 3.67. The Bertz CT molecular complexity index is 459. The first kappa shape index (κ1) is 11.0. The van der Waals surface area contributed by atoms with Gasteiger partial charge >= 0.3 is 0 Å². The number of hydrogen-bond donors (Lipinski definition) is 0. The van der Waals surface area contributed by atoms with Crippen molar-refractivity contribution in [1.82, 2.24) is 4.90 Å². The molecule has 2 heterocycles. The van der Waals surface area contributed by atoms with Crippen LogP contribution in [0.15, 0.2) is 18.2 Å². The van der Waals surface area contributed by atoms with Gasteiger partial charge in [0.2, 0.25) is 0 Å². The first-order chi connectivity index (χ1) is 8.16. The van der Waals surface area contributed by atoms with Crippen molar-refractivity contribution >= 4 is 17.7 Å². The molecule has 2 bridgehead atoms. The molecule has 2 atom stereocenters. The van der Waals surface area contributed by atoms with Crippen molar-refractivity contribution in [2.24, 2.45) is 0 Å². The van der Waals surface area contributed by atoms with Gasteiger partial charge in [-0.2, -0.15) is 11.8 Å². The van der Waals surface area contributed by atoms with E-state index in [-0.39, 0.29) is 6.04 Å². The van der Waals surface area contributed by atoms with Crippen molar-refractivity contribution in [1.29, 1.82) is 0 Å². The lowest BCUT2D eigenvalue weighted by molar-refractivity contribution is 0.0737. The molecule has 1 aromatic rings. The second-order valence-corrected chi connectivity index (χ2v) is 5.73. The Hall–Kier alpha value is -1.10. The Labute approximate surface area is 102 Å². The zero-order valence-corrected chi connectivity index (χ0v) is 9.84. The van der Waals surface area contributed by atoms with Gasteiger partial charge in [-0.1, -0.05) is 6.07 Å². The van der Waals surface area contributed by atoms with Crippen LogP contribution < -0.4 is 0 Å². The molecule has 1 amide bonds. The number of benzene rings is 1. The van der Waals surface area contributed by atoms with E-state index in [0.29, 0.717) is 11.8 Å². The number of thioether (sulfide) groups is 1. The first-order valence-electron chi connectivity index (χ1n) is 5.53. The first-order valence-corrected chi connectivity index (χ1v) is 6.58. The van der Waals surface area contributed by atoms with Crippen LogP contribution in [-0.4, -0.2) is 34.4 Å². The van der Waals surface area contributed by atoms with Crippen LogP contribution >= 0.6 is 11.8 Å². The number of fused-ring (bicyclic) bond motifs is 2. The molecule has 2 nitrogen and oxygen atoms in total. The lowest BCUT2D eigenvalue weighted by Crippen LogP contribution is -2.40. The predicted molar refractivity (Wildman–Crippen MR) is 62.0 cm³/mol. The molecule has 0 aliphatic carbocycles. The van der Waals surface area contributed by atoms with Gasteiger partial charge in [0.15, 0.2) is 0 Å². The molecule has 2 fully saturated rings. The van der Waals surface area contributed by atoms with Crippen LogP contribution in [0.1, 0.15) is 16.8 Å². The maximum Gasteiger partial charge on any atom is 0.260 e. The highest BCUT2D eigenvalue weighted by molar-refractivity contribution is 8.00. The van der Waals surface area contributed by atoms with E-state index >= 15 is 0 Å². The minimum atomic E-state index is -0.773. The average Bonchev–Trinajstić information content (AvgIpc) is 2.90. The van der Waals surface area contributed by atoms with Gasteiger partial charge in [0, 0.05) is 23.6 Å². The molecule has 0 saturated carbocycles. The van der Waals surface area contributed by atoms with E-state index in [1.165, 1.54) is 6.07 Å². The van der Waals surface area contributed by atoms with Gasteiger partial charge in [-0.15, -0.1) is 0 Å². The van der Waals surface area contributed by atoms with Crippen LogP contribution in [0.4, 0.5) is 8.78 Å². The molecule has 3 rings (SSSR count). The summed E-state index contributed by atoms with van der Waals surface area (Å²) in [5.74, 6) is -1.17. The van der Waals surface area contributed by atoms with Gasteiger partial charge in [0.1, 0.15) is 17.2 Å². The normalized spacial score (nSPS) is 26.6. The van der Waals surface area contributed by atoms with E-state index < -0.39 is 23.1 Å². The predicted octanol–water partition coefficient (Wildman–Crippen LogP) is 2.29. The Kier molecular flexibility index (Phi) is 2.58. The molecule has 5 heteroatoms. The molecular weight excluding hydrogens is 244 g/mol. The smallest absolute Gasteiger partial charge is 0.260 e. The van der Waals surface area contributed by atoms with Crippen molar-refractivity contribution in [3.8, 4) is 0 Å². The van der Waals surface area contributed by atoms with E-state index in [4.69, 9.17) is 0 Å². The van der Waals surface area contributed by atoms with Crippen molar-refractivity contribution in [2.45, 2.75) is 17.7 Å². The third-order valence-electron chi connectivity index (χ3n) is 3.34. The fourth-order valence-corrected chi connectivity index (χ4v) is 3.93. The minimum absolute atomic E-state index is 0.150. The second-order valence-electron chi connectivity index (χ2n) is 4.40. The van der Waals surface area contributed by atoms with Gasteiger partial charge in [0.25, 0.3) is 5.91 Å². The lowest BCUT2D eigenvalue weighted by Gasteiger charge is -2.26. The Morgan fingerprint density at radius 1 is 1.35 bits per heavy atom. The molecule has 2 aliphatic rings. The monoisotopic (exact) mass is 255 g/mol. The highest BCUT2D eigenvalue weighted by atomic mass is 32.2. The topological polar surface area (TPSA) is 20.3 Å². The quantitative estimate of drug-likeness (QED) is 0.767. The molecule has 1 aromatic carbocycles. The number of nitrogens with zero attached hydrogens (tertiary/aromatic N) is 1. The summed E-state index contributed by atoms with van der Waals surface area (Å²) in [5.41, 5.74) is -0.412. The zero-order chi connectivity index (χ0) is 12.0. The third-order valence-corrected chi connectivity index (χ3v) is 4.73. The molecule has 2 saturated heterocycles. The van der Waals surface area contributed by atoms with Gasteiger partial charge in [0.05, 0.1) is 0 Å². The van der Waals surface area contributed by atoms with Gasteiger partial charge < -0.3 is 4.90 Å². The Morgan fingerprint density at radius 2 is 2.06 bits per heavy atom. The number of rotatable bonds is 1. The molecule has 2 aliphatic heterocycles. The van der Waals surface area contributed by atoms with Crippen molar-refractivity contribution < 1.29 is 13.6 Å². The van der Waals surface area contributed by atoms with E-state index in [1.54, 1.807) is 4.90 Å². The van der Waals surface area contributed by atoms with E-state index in [0.717, 1.165) is 24.3 Å². The fourth-order valence-electron chi connectivity index (χ4n) is 2.49. The van der Waals surface area contributed by atoms with E-state index in [2.05, 4.69) is 0 Å². The third kappa shape index (κ3) is 1.73. The summed E-state index contributed by atoms with van der Waals surface area (Å²) >= 11 is 1.84. The van der Waals surface area contributed by atoms with Crippen LogP contribution in [0.25, 0.3) is 0 Å². The summed E-state index contributed by atoms with van der Waals surface area (Å²) in [6.07, 6.45) is 0.951. The Balaban J connectivity index is 1.92. The van der Waals surface area contributed by atoms with Gasteiger partial charge in [-0.05, 0) is 18.6 Å². The molecular formula is C12H11F2NOS. The second kappa shape index (κ2) is 3.98. The molecule has 0 spiro atoms. The Morgan fingerprint density at radius 3 is 2.59 bits per heavy atom. The largest absolute Gasteiger partial charge is 0.333 e. The van der Waals surface area contributed by atoms with E-state index in [1.807, 2.05) is 11.8 Å². The van der Waals surface area contributed by atoms with Crippen LogP contribution in [0.2, 0.25) is 0 Å². The summed E-state index contributed by atoms with van der Waals surface area (Å²) < 4.78 is 27.0. The molecule has 0 radical (unpaired) electrons. The van der Waals surface area contributed by atoms with E-state index in [9.17, 15) is 13.6 Å². The number of hydrogen-bond acceptors (Lipinski definition) is 2. The van der Waals surface area contributed by atoms with Crippen LogP contribution in [0.5, 0.6) is 0 Å². The number of carbonyl (C=O) groups is 1. The highest BCUT2D eigenvalue weighted by Crippen LogP contribution is 2.38. The number of likely N-dealkylation sites (tertiary alicyclic amines) is 1. The molecule has 17 heavy (non-hydrogen) atoms. The summed E-state index contributed by atoms with van der Waals surface area (Å²) in [6.45, 7) is 0.613. The molecule has 0 aromatic heterocycles. The number of halogens is 2. The standard InChI is InChI=1S/C12H11F2NOS/c13-9-2-1-3-10(14)11(9)12(16)15-5-8-4-7(15)6-17-8/h1-3,7-8H,4-6H2. The van der Waals surface area contributed by atoms with Crippen molar-refractivity contribution in [3.05, 3.63) is 35.4 Å². The minimum Gasteiger partial charge on any atom is -0.333 e. The van der Waals surface area contributed by atoms with Gasteiger partial charge in [-0.3, -0.25) is 4.79 Å². The van der Waals surface area contributed by atoms with Crippen molar-refractivity contribution in [2.75, 3.05) is 12.3 Å². The molecule has 2 unspecified atom stereocenters. The number of amides is 1. The molecule has 90 valence electrons. The summed E-state index contributed by atoms with van der Waals surface area (Å²) in [5, 5.41) is 0.443. The van der Waals surface area contributed by atoms with Crippen molar-refractivity contribution in [3.63, 3.8) is 0 Å². The highest BCUT2D eigenvalue weighted by Gasteiger charge is 2.42. The van der Waals surface area contributed by atoms with Crippen LogP contribution in [-0.2, 0) is 0 Å². The number of carbonyl (C=O) groups excluding carboxylic acids is 1.